The van der Waals surface area contributed by atoms with Gasteiger partial charge in [0.25, 0.3) is 0 Å². The van der Waals surface area contributed by atoms with Crippen molar-refractivity contribution in [1.82, 2.24) is 4.98 Å². The second-order valence-corrected chi connectivity index (χ2v) is 4.23. The average molecular weight is 245 g/mol. The Morgan fingerprint density at radius 3 is 2.53 bits per heavy atom. The lowest BCUT2D eigenvalue weighted by atomic mass is 10.2. The SMILES string of the molecule is N#Cc1ccc(Nc2cnc3ccccc3c2)cc1. The molecule has 3 rings (SSSR count). The molecule has 0 aliphatic rings. The third-order valence-corrected chi connectivity index (χ3v) is 2.89. The predicted molar refractivity (Wildman–Crippen MR) is 76.2 cm³/mol. The van der Waals surface area contributed by atoms with Gasteiger partial charge in [-0.25, -0.2) is 0 Å². The first-order valence-electron chi connectivity index (χ1n) is 5.97. The molecule has 0 radical (unpaired) electrons. The first-order valence-corrected chi connectivity index (χ1v) is 5.97. The van der Waals surface area contributed by atoms with E-state index in [9.17, 15) is 0 Å². The van der Waals surface area contributed by atoms with Crippen molar-refractivity contribution in [2.24, 2.45) is 0 Å². The fraction of sp³-hybridized carbons (Fsp3) is 0. The molecule has 19 heavy (non-hydrogen) atoms. The van der Waals surface area contributed by atoms with E-state index in [2.05, 4.69) is 22.4 Å². The number of nitrogens with zero attached hydrogens (tertiary/aromatic N) is 2. The van der Waals surface area contributed by atoms with Gasteiger partial charge in [-0.15, -0.1) is 0 Å². The van der Waals surface area contributed by atoms with E-state index >= 15 is 0 Å². The average Bonchev–Trinajstić information content (AvgIpc) is 2.48. The fourth-order valence-electron chi connectivity index (χ4n) is 1.93. The van der Waals surface area contributed by atoms with Crippen LogP contribution in [-0.4, -0.2) is 4.98 Å². The van der Waals surface area contributed by atoms with Gasteiger partial charge in [-0.05, 0) is 36.4 Å². The first-order chi connectivity index (χ1) is 9.35. The second kappa shape index (κ2) is 4.79. The van der Waals surface area contributed by atoms with Gasteiger partial charge in [0.05, 0.1) is 29.0 Å². The molecule has 0 amide bonds. The van der Waals surface area contributed by atoms with Gasteiger partial charge in [0, 0.05) is 11.1 Å². The number of nitriles is 1. The second-order valence-electron chi connectivity index (χ2n) is 4.23. The maximum Gasteiger partial charge on any atom is 0.0991 e. The Morgan fingerprint density at radius 2 is 1.74 bits per heavy atom. The highest BCUT2D eigenvalue weighted by Crippen LogP contribution is 2.20. The van der Waals surface area contributed by atoms with E-state index in [0.29, 0.717) is 5.56 Å². The zero-order valence-electron chi connectivity index (χ0n) is 10.2. The number of hydrogen-bond donors (Lipinski definition) is 1. The van der Waals surface area contributed by atoms with Gasteiger partial charge >= 0.3 is 0 Å². The van der Waals surface area contributed by atoms with Crippen LogP contribution in [0.3, 0.4) is 0 Å². The van der Waals surface area contributed by atoms with Crippen molar-refractivity contribution in [3.05, 3.63) is 66.4 Å². The van der Waals surface area contributed by atoms with Crippen molar-refractivity contribution >= 4 is 22.3 Å². The molecule has 1 N–H and O–H groups in total. The molecule has 0 saturated carbocycles. The van der Waals surface area contributed by atoms with Gasteiger partial charge in [-0.3, -0.25) is 4.98 Å². The minimum atomic E-state index is 0.655. The summed E-state index contributed by atoms with van der Waals surface area (Å²) in [4.78, 5) is 4.40. The quantitative estimate of drug-likeness (QED) is 0.746. The predicted octanol–water partition coefficient (Wildman–Crippen LogP) is 3.85. The number of nitrogens with one attached hydrogen (secondary N) is 1. The van der Waals surface area contributed by atoms with E-state index in [-0.39, 0.29) is 0 Å². The van der Waals surface area contributed by atoms with Crippen LogP contribution in [0.15, 0.2) is 60.8 Å². The fourth-order valence-corrected chi connectivity index (χ4v) is 1.93. The molecule has 0 aliphatic heterocycles. The molecule has 0 atom stereocenters. The van der Waals surface area contributed by atoms with Crippen molar-refractivity contribution in [2.45, 2.75) is 0 Å². The number of rotatable bonds is 2. The van der Waals surface area contributed by atoms with Crippen LogP contribution < -0.4 is 5.32 Å². The van der Waals surface area contributed by atoms with Gasteiger partial charge in [0.2, 0.25) is 0 Å². The number of hydrogen-bond acceptors (Lipinski definition) is 3. The van der Waals surface area contributed by atoms with Gasteiger partial charge in [0.15, 0.2) is 0 Å². The smallest absolute Gasteiger partial charge is 0.0991 e. The summed E-state index contributed by atoms with van der Waals surface area (Å²) in [6.45, 7) is 0. The van der Waals surface area contributed by atoms with Crippen molar-refractivity contribution in [3.8, 4) is 6.07 Å². The Morgan fingerprint density at radius 1 is 0.947 bits per heavy atom. The van der Waals surface area contributed by atoms with Crippen LogP contribution in [0.4, 0.5) is 11.4 Å². The lowest BCUT2D eigenvalue weighted by Gasteiger charge is -2.07. The molecule has 2 aromatic carbocycles. The molecule has 1 heterocycles. The number of aromatic nitrogens is 1. The van der Waals surface area contributed by atoms with Crippen LogP contribution >= 0.6 is 0 Å². The molecule has 0 fully saturated rings. The minimum Gasteiger partial charge on any atom is -0.354 e. The molecule has 0 saturated heterocycles. The Kier molecular flexibility index (Phi) is 2.83. The molecule has 0 bridgehead atoms. The summed E-state index contributed by atoms with van der Waals surface area (Å²) >= 11 is 0. The van der Waals surface area contributed by atoms with Crippen molar-refractivity contribution in [2.75, 3.05) is 5.32 Å². The van der Waals surface area contributed by atoms with E-state index in [1.165, 1.54) is 0 Å². The van der Waals surface area contributed by atoms with Gasteiger partial charge in [-0.1, -0.05) is 18.2 Å². The van der Waals surface area contributed by atoms with Crippen molar-refractivity contribution in [3.63, 3.8) is 0 Å². The lowest BCUT2D eigenvalue weighted by molar-refractivity contribution is 1.39. The maximum absolute atomic E-state index is 8.76. The van der Waals surface area contributed by atoms with Crippen molar-refractivity contribution < 1.29 is 0 Å². The molecule has 0 aliphatic carbocycles. The molecule has 0 spiro atoms. The molecular weight excluding hydrogens is 234 g/mol. The highest BCUT2D eigenvalue weighted by atomic mass is 14.9. The molecular formula is C16H11N3. The van der Waals surface area contributed by atoms with Crippen LogP contribution in [0.25, 0.3) is 10.9 Å². The van der Waals surface area contributed by atoms with Gasteiger partial charge in [0.1, 0.15) is 0 Å². The number of pyridine rings is 1. The third kappa shape index (κ3) is 2.38. The van der Waals surface area contributed by atoms with Gasteiger partial charge < -0.3 is 5.32 Å². The monoisotopic (exact) mass is 245 g/mol. The number of para-hydroxylation sites is 1. The summed E-state index contributed by atoms with van der Waals surface area (Å²) in [5.74, 6) is 0. The summed E-state index contributed by atoms with van der Waals surface area (Å²) in [6.07, 6.45) is 1.81. The molecule has 90 valence electrons. The normalized spacial score (nSPS) is 10.1. The van der Waals surface area contributed by atoms with Crippen molar-refractivity contribution in [1.29, 1.82) is 5.26 Å². The van der Waals surface area contributed by atoms with Gasteiger partial charge in [-0.2, -0.15) is 5.26 Å². The zero-order chi connectivity index (χ0) is 13.1. The lowest BCUT2D eigenvalue weighted by Crippen LogP contribution is -1.91. The summed E-state index contributed by atoms with van der Waals surface area (Å²) < 4.78 is 0. The van der Waals surface area contributed by atoms with E-state index in [1.54, 1.807) is 18.3 Å². The minimum absolute atomic E-state index is 0.655. The molecule has 3 heteroatoms. The maximum atomic E-state index is 8.76. The Balaban J connectivity index is 1.90. The van der Waals surface area contributed by atoms with E-state index in [4.69, 9.17) is 5.26 Å². The molecule has 3 aromatic rings. The highest BCUT2D eigenvalue weighted by molar-refractivity contribution is 5.82. The Bertz CT molecular complexity index is 755. The molecule has 3 nitrogen and oxygen atoms in total. The summed E-state index contributed by atoms with van der Waals surface area (Å²) in [6, 6.07) is 19.5. The number of benzene rings is 2. The van der Waals surface area contributed by atoms with Crippen LogP contribution in [0, 0.1) is 11.3 Å². The van der Waals surface area contributed by atoms with Crippen LogP contribution in [0.1, 0.15) is 5.56 Å². The van der Waals surface area contributed by atoms with E-state index < -0.39 is 0 Å². The topological polar surface area (TPSA) is 48.7 Å². The largest absolute Gasteiger partial charge is 0.354 e. The molecule has 1 aromatic heterocycles. The van der Waals surface area contributed by atoms with Crippen LogP contribution in [0.2, 0.25) is 0 Å². The Hall–Kier alpha value is -2.86. The number of fused-ring (bicyclic) bond motifs is 1. The summed E-state index contributed by atoms with van der Waals surface area (Å²) in [5.41, 5.74) is 3.51. The van der Waals surface area contributed by atoms with Crippen LogP contribution in [-0.2, 0) is 0 Å². The van der Waals surface area contributed by atoms with E-state index in [1.807, 2.05) is 36.4 Å². The Labute approximate surface area is 111 Å². The van der Waals surface area contributed by atoms with E-state index in [0.717, 1.165) is 22.3 Å². The molecule has 0 unspecified atom stereocenters. The van der Waals surface area contributed by atoms with Crippen LogP contribution in [0.5, 0.6) is 0 Å². The summed E-state index contributed by atoms with van der Waals surface area (Å²) in [5, 5.41) is 13.1. The third-order valence-electron chi connectivity index (χ3n) is 2.89. The zero-order valence-corrected chi connectivity index (χ0v) is 10.2. The first kappa shape index (κ1) is 11.2. The standard InChI is InChI=1S/C16H11N3/c17-10-12-5-7-14(8-6-12)19-15-9-13-3-1-2-4-16(13)18-11-15/h1-9,11,19H. The highest BCUT2D eigenvalue weighted by Gasteiger charge is 1.98. The number of anilines is 2. The summed E-state index contributed by atoms with van der Waals surface area (Å²) in [7, 11) is 0.